The summed E-state index contributed by atoms with van der Waals surface area (Å²) in [6.45, 7) is 7.01. The van der Waals surface area contributed by atoms with Crippen molar-refractivity contribution in [2.24, 2.45) is 0 Å². The van der Waals surface area contributed by atoms with Crippen LogP contribution in [0.15, 0.2) is 54.9 Å². The largest absolute Gasteiger partial charge is 0.496 e. The van der Waals surface area contributed by atoms with E-state index in [4.69, 9.17) is 20.3 Å². The van der Waals surface area contributed by atoms with Gasteiger partial charge in [0.05, 0.1) is 24.1 Å². The summed E-state index contributed by atoms with van der Waals surface area (Å²) in [5, 5.41) is 8.55. The van der Waals surface area contributed by atoms with Crippen molar-refractivity contribution in [3.05, 3.63) is 66.0 Å². The van der Waals surface area contributed by atoms with Crippen LogP contribution in [0.4, 0.5) is 10.6 Å². The highest BCUT2D eigenvalue weighted by atomic mass is 16.6. The first-order valence-corrected chi connectivity index (χ1v) is 13.6. The van der Waals surface area contributed by atoms with Crippen molar-refractivity contribution in [3.8, 4) is 17.0 Å². The normalized spacial score (nSPS) is 15.5. The van der Waals surface area contributed by atoms with Gasteiger partial charge in [0.15, 0.2) is 5.65 Å². The van der Waals surface area contributed by atoms with Gasteiger partial charge in [-0.15, -0.1) is 0 Å². The van der Waals surface area contributed by atoms with Gasteiger partial charge in [-0.05, 0) is 51.3 Å². The van der Waals surface area contributed by atoms with E-state index in [0.717, 1.165) is 24.0 Å². The fourth-order valence-electron chi connectivity index (χ4n) is 4.99. The van der Waals surface area contributed by atoms with Crippen molar-refractivity contribution in [2.75, 3.05) is 25.9 Å². The van der Waals surface area contributed by atoms with Crippen LogP contribution in [0.1, 0.15) is 55.6 Å². The predicted molar refractivity (Wildman–Crippen MR) is 155 cm³/mol. The van der Waals surface area contributed by atoms with E-state index in [2.05, 4.69) is 15.3 Å². The average Bonchev–Trinajstić information content (AvgIpc) is 3.36. The van der Waals surface area contributed by atoms with Gasteiger partial charge in [-0.3, -0.25) is 4.79 Å². The summed E-state index contributed by atoms with van der Waals surface area (Å²) in [6.07, 6.45) is 2.75. The third-order valence-corrected chi connectivity index (χ3v) is 6.94. The zero-order valence-electron chi connectivity index (χ0n) is 23.8. The molecule has 11 heteroatoms. The quantitative estimate of drug-likeness (QED) is 0.351. The molecule has 1 fully saturated rings. The molecule has 0 aliphatic carbocycles. The summed E-state index contributed by atoms with van der Waals surface area (Å²) in [6, 6.07) is 14.8. The minimum Gasteiger partial charge on any atom is -0.496 e. The molecule has 0 radical (unpaired) electrons. The van der Waals surface area contributed by atoms with Gasteiger partial charge >= 0.3 is 6.09 Å². The number of nitrogens with two attached hydrogens (primary N) is 1. The molecule has 1 aliphatic heterocycles. The number of nitrogens with one attached hydrogen (secondary N) is 1. The number of carbonyl (C=O) groups excluding carboxylic acids is 2. The highest BCUT2D eigenvalue weighted by Crippen LogP contribution is 2.34. The minimum atomic E-state index is -0.569. The lowest BCUT2D eigenvalue weighted by Gasteiger charge is -2.34. The summed E-state index contributed by atoms with van der Waals surface area (Å²) in [7, 11) is 1.54. The lowest BCUT2D eigenvalue weighted by Crippen LogP contribution is -2.43. The van der Waals surface area contributed by atoms with Crippen LogP contribution in [0.2, 0.25) is 0 Å². The molecule has 0 bridgehead atoms. The summed E-state index contributed by atoms with van der Waals surface area (Å²) in [5.41, 5.74) is 9.29. The molecule has 4 aromatic rings. The van der Waals surface area contributed by atoms with Gasteiger partial charge in [0, 0.05) is 25.2 Å². The lowest BCUT2D eigenvalue weighted by molar-refractivity contribution is 0.0169. The Bertz CT molecular complexity index is 1560. The van der Waals surface area contributed by atoms with Crippen LogP contribution < -0.4 is 15.8 Å². The number of fused-ring (bicyclic) bond motifs is 1. The Morgan fingerprint density at radius 3 is 2.59 bits per heavy atom. The highest BCUT2D eigenvalue weighted by Gasteiger charge is 2.31. The molecular weight excluding hydrogens is 522 g/mol. The second kappa shape index (κ2) is 11.4. The third-order valence-electron chi connectivity index (χ3n) is 6.94. The SMILES string of the molecule is COc1ccccc1C(=O)NCc1ccc(-c2nn([C@@H]3CCCN(C(=O)OC(C)(C)C)C3)c3ncnc(N)c23)cc1. The number of anilines is 1. The Labute approximate surface area is 238 Å². The number of ether oxygens (including phenoxy) is 2. The first kappa shape index (κ1) is 27.9. The maximum Gasteiger partial charge on any atom is 0.410 e. The fraction of sp³-hybridized carbons (Fsp3) is 0.367. The first-order chi connectivity index (χ1) is 19.6. The Kier molecular flexibility index (Phi) is 7.78. The molecule has 1 aliphatic rings. The lowest BCUT2D eigenvalue weighted by atomic mass is 10.1. The van der Waals surface area contributed by atoms with Crippen molar-refractivity contribution >= 4 is 28.9 Å². The number of benzene rings is 2. The number of nitrogens with zero attached hydrogens (tertiary/aromatic N) is 5. The van der Waals surface area contributed by atoms with Crippen LogP contribution in [0.3, 0.4) is 0 Å². The molecule has 0 spiro atoms. The molecule has 5 rings (SSSR count). The molecular formula is C30H35N7O4. The maximum atomic E-state index is 12.8. The number of nitrogen functional groups attached to an aromatic ring is 1. The number of aromatic nitrogens is 4. The average molecular weight is 558 g/mol. The van der Waals surface area contributed by atoms with E-state index in [1.165, 1.54) is 6.33 Å². The van der Waals surface area contributed by atoms with Crippen molar-refractivity contribution in [3.63, 3.8) is 0 Å². The van der Waals surface area contributed by atoms with Gasteiger partial charge in [0.1, 0.15) is 29.2 Å². The summed E-state index contributed by atoms with van der Waals surface area (Å²) < 4.78 is 12.8. The Morgan fingerprint density at radius 2 is 1.85 bits per heavy atom. The number of para-hydroxylation sites is 1. The second-order valence-electron chi connectivity index (χ2n) is 11.1. The summed E-state index contributed by atoms with van der Waals surface area (Å²) in [5.74, 6) is 0.646. The van der Waals surface area contributed by atoms with Crippen LogP contribution in [0, 0.1) is 0 Å². The molecule has 2 aromatic heterocycles. The number of piperidine rings is 1. The molecule has 0 unspecified atom stereocenters. The first-order valence-electron chi connectivity index (χ1n) is 13.6. The Morgan fingerprint density at radius 1 is 1.10 bits per heavy atom. The molecule has 2 aromatic carbocycles. The molecule has 11 nitrogen and oxygen atoms in total. The van der Waals surface area contributed by atoms with E-state index in [-0.39, 0.29) is 18.0 Å². The molecule has 1 saturated heterocycles. The van der Waals surface area contributed by atoms with Gasteiger partial charge < -0.3 is 25.4 Å². The molecule has 2 amide bonds. The number of rotatable bonds is 6. The highest BCUT2D eigenvalue weighted by molar-refractivity contribution is 5.98. The van der Waals surface area contributed by atoms with Crippen molar-refractivity contribution in [1.82, 2.24) is 30.0 Å². The monoisotopic (exact) mass is 557 g/mol. The third kappa shape index (κ3) is 6.08. The predicted octanol–water partition coefficient (Wildman–Crippen LogP) is 4.59. The van der Waals surface area contributed by atoms with Crippen LogP contribution in [0.5, 0.6) is 5.75 Å². The molecule has 3 heterocycles. The summed E-state index contributed by atoms with van der Waals surface area (Å²) >= 11 is 0. The Hall–Kier alpha value is -4.67. The van der Waals surface area contributed by atoms with Gasteiger partial charge in [0.25, 0.3) is 5.91 Å². The minimum absolute atomic E-state index is 0.0914. The van der Waals surface area contributed by atoms with Crippen LogP contribution in [-0.2, 0) is 11.3 Å². The molecule has 41 heavy (non-hydrogen) atoms. The topological polar surface area (TPSA) is 137 Å². The fourth-order valence-corrected chi connectivity index (χ4v) is 4.99. The van der Waals surface area contributed by atoms with Crippen LogP contribution in [-0.4, -0.2) is 62.4 Å². The Balaban J connectivity index is 1.37. The number of hydrogen-bond donors (Lipinski definition) is 2. The number of methoxy groups -OCH3 is 1. The molecule has 0 saturated carbocycles. The van der Waals surface area contributed by atoms with E-state index in [1.807, 2.05) is 55.8 Å². The van der Waals surface area contributed by atoms with Crippen molar-refractivity contribution < 1.29 is 19.1 Å². The van der Waals surface area contributed by atoms with Gasteiger partial charge in [-0.2, -0.15) is 5.10 Å². The second-order valence-corrected chi connectivity index (χ2v) is 11.1. The van der Waals surface area contributed by atoms with Crippen molar-refractivity contribution in [1.29, 1.82) is 0 Å². The van der Waals surface area contributed by atoms with E-state index in [9.17, 15) is 9.59 Å². The van der Waals surface area contributed by atoms with Crippen molar-refractivity contribution in [2.45, 2.75) is 51.8 Å². The van der Waals surface area contributed by atoms with Crippen LogP contribution in [0.25, 0.3) is 22.3 Å². The van der Waals surface area contributed by atoms with Gasteiger partial charge in [-0.25, -0.2) is 19.4 Å². The standard InChI is InChI=1S/C30H35N7O4/c1-30(2,3)41-29(39)36-15-7-8-21(17-36)37-27-24(26(31)33-18-34-27)25(35-37)20-13-11-19(12-14-20)16-32-28(38)22-9-5-6-10-23(22)40-4/h5-6,9-14,18,21H,7-8,15-17H2,1-4H3,(H,32,38)(H2,31,33,34)/t21-/m1/s1. The molecule has 214 valence electrons. The van der Waals surface area contributed by atoms with Gasteiger partial charge in [0.2, 0.25) is 0 Å². The number of amides is 2. The smallest absolute Gasteiger partial charge is 0.410 e. The van der Waals surface area contributed by atoms with Crippen LogP contribution >= 0.6 is 0 Å². The number of likely N-dealkylation sites (tertiary alicyclic amines) is 1. The van der Waals surface area contributed by atoms with Gasteiger partial charge in [-0.1, -0.05) is 36.4 Å². The van der Waals surface area contributed by atoms with E-state index in [1.54, 1.807) is 30.2 Å². The van der Waals surface area contributed by atoms with E-state index >= 15 is 0 Å². The zero-order valence-corrected chi connectivity index (χ0v) is 23.8. The molecule has 1 atom stereocenters. The summed E-state index contributed by atoms with van der Waals surface area (Å²) in [4.78, 5) is 35.9. The zero-order chi connectivity index (χ0) is 29.1. The number of hydrogen-bond acceptors (Lipinski definition) is 8. The number of carbonyl (C=O) groups is 2. The van der Waals surface area contributed by atoms with E-state index in [0.29, 0.717) is 53.5 Å². The maximum absolute atomic E-state index is 12.8. The van der Waals surface area contributed by atoms with E-state index < -0.39 is 5.60 Å². The molecule has 3 N–H and O–H groups in total.